The van der Waals surface area contributed by atoms with E-state index in [-0.39, 0.29) is 12.3 Å². The number of halogens is 1. The highest BCUT2D eigenvalue weighted by Gasteiger charge is 2.34. The van der Waals surface area contributed by atoms with Gasteiger partial charge in [0.25, 0.3) is 0 Å². The predicted molar refractivity (Wildman–Crippen MR) is 66.6 cm³/mol. The Kier molecular flexibility index (Phi) is 3.08. The fourth-order valence-corrected chi connectivity index (χ4v) is 2.10. The molecule has 2 N–H and O–H groups in total. The van der Waals surface area contributed by atoms with Crippen LogP contribution in [0, 0.1) is 9.49 Å². The van der Waals surface area contributed by atoms with Crippen LogP contribution in [0.15, 0.2) is 18.3 Å². The summed E-state index contributed by atoms with van der Waals surface area (Å²) in [6, 6.07) is 3.65. The van der Waals surface area contributed by atoms with E-state index in [0.29, 0.717) is 12.4 Å². The number of carbonyl (C=O) groups excluding carboxylic acids is 2. The molecule has 2 heterocycles. The fraction of sp³-hybridized carbons (Fsp3) is 0.300. The molecule has 0 radical (unpaired) electrons. The number of carbonyl (C=O) groups is 2. The van der Waals surface area contributed by atoms with Crippen LogP contribution >= 0.6 is 22.6 Å². The van der Waals surface area contributed by atoms with Crippen LogP contribution in [-0.2, 0) is 9.59 Å². The third-order valence-corrected chi connectivity index (χ3v) is 3.18. The summed E-state index contributed by atoms with van der Waals surface area (Å²) in [5.41, 5.74) is 5.19. The largest absolute Gasteiger partial charge is 0.369 e. The Balaban J connectivity index is 2.23. The van der Waals surface area contributed by atoms with Crippen molar-refractivity contribution in [2.45, 2.75) is 6.42 Å². The highest BCUT2D eigenvalue weighted by Crippen LogP contribution is 2.23. The Bertz CT molecular complexity index is 449. The maximum Gasteiger partial charge on any atom is 0.229 e. The first-order valence-corrected chi connectivity index (χ1v) is 5.87. The number of aromatic nitrogens is 1. The van der Waals surface area contributed by atoms with E-state index in [1.54, 1.807) is 6.20 Å². The number of rotatable bonds is 2. The number of hydrogen-bond donors (Lipinski definition) is 1. The summed E-state index contributed by atoms with van der Waals surface area (Å²) in [4.78, 5) is 28.3. The lowest BCUT2D eigenvalue weighted by Gasteiger charge is -2.14. The Morgan fingerprint density at radius 2 is 2.38 bits per heavy atom. The van der Waals surface area contributed by atoms with E-state index in [9.17, 15) is 9.59 Å². The molecule has 0 saturated carbocycles. The number of nitrogens with two attached hydrogens (primary N) is 1. The molecule has 0 aromatic carbocycles. The topological polar surface area (TPSA) is 76.3 Å². The van der Waals surface area contributed by atoms with Crippen molar-refractivity contribution in [2.75, 3.05) is 11.4 Å². The number of primary amides is 1. The van der Waals surface area contributed by atoms with Gasteiger partial charge in [0.1, 0.15) is 5.82 Å². The van der Waals surface area contributed by atoms with Gasteiger partial charge in [-0.15, -0.1) is 0 Å². The molecule has 1 unspecified atom stereocenters. The average molecular weight is 331 g/mol. The molecule has 84 valence electrons. The Labute approximate surface area is 106 Å². The van der Waals surface area contributed by atoms with Crippen molar-refractivity contribution in [3.63, 3.8) is 0 Å². The zero-order valence-electron chi connectivity index (χ0n) is 8.39. The van der Waals surface area contributed by atoms with Crippen LogP contribution < -0.4 is 10.6 Å². The first kappa shape index (κ1) is 11.3. The Morgan fingerprint density at radius 1 is 1.62 bits per heavy atom. The van der Waals surface area contributed by atoms with Crippen LogP contribution in [0.1, 0.15) is 6.42 Å². The lowest BCUT2D eigenvalue weighted by atomic mass is 10.1. The van der Waals surface area contributed by atoms with Crippen LogP contribution in [0.25, 0.3) is 0 Å². The minimum atomic E-state index is -0.429. The van der Waals surface area contributed by atoms with Crippen molar-refractivity contribution in [1.29, 1.82) is 0 Å². The Morgan fingerprint density at radius 3 is 2.94 bits per heavy atom. The molecule has 1 fully saturated rings. The van der Waals surface area contributed by atoms with Gasteiger partial charge in [-0.2, -0.15) is 0 Å². The number of anilines is 1. The molecule has 1 saturated heterocycles. The average Bonchev–Trinajstić information content (AvgIpc) is 2.60. The van der Waals surface area contributed by atoms with Gasteiger partial charge in [0.15, 0.2) is 0 Å². The molecule has 0 aliphatic carbocycles. The van der Waals surface area contributed by atoms with Crippen molar-refractivity contribution in [1.82, 2.24) is 4.98 Å². The number of hydrogen-bond acceptors (Lipinski definition) is 3. The molecule has 2 rings (SSSR count). The summed E-state index contributed by atoms with van der Waals surface area (Å²) in [6.45, 7) is 0.335. The standard InChI is InChI=1S/C10H10IN3O2/c11-7-1-2-13-8(4-7)14-5-6(10(12)16)3-9(14)15/h1-2,4,6H,3,5H2,(H2,12,16). The fourth-order valence-electron chi connectivity index (χ4n) is 1.66. The van der Waals surface area contributed by atoms with Gasteiger partial charge in [-0.25, -0.2) is 4.98 Å². The van der Waals surface area contributed by atoms with Gasteiger partial charge in [0.05, 0.1) is 5.92 Å². The second-order valence-corrected chi connectivity index (χ2v) is 4.89. The SMILES string of the molecule is NC(=O)C1CC(=O)N(c2cc(I)ccn2)C1. The first-order valence-electron chi connectivity index (χ1n) is 4.79. The van der Waals surface area contributed by atoms with Crippen LogP contribution in [0.5, 0.6) is 0 Å². The number of pyridine rings is 1. The normalized spacial score (nSPS) is 20.2. The molecule has 2 amide bonds. The highest BCUT2D eigenvalue weighted by atomic mass is 127. The van der Waals surface area contributed by atoms with Crippen LogP contribution in [0.4, 0.5) is 5.82 Å². The molecule has 0 spiro atoms. The monoisotopic (exact) mass is 331 g/mol. The van der Waals surface area contributed by atoms with Crippen LogP contribution in [0.3, 0.4) is 0 Å². The van der Waals surface area contributed by atoms with Crippen molar-refractivity contribution in [3.05, 3.63) is 21.9 Å². The molecule has 5 nitrogen and oxygen atoms in total. The molecule has 1 aliphatic rings. The van der Waals surface area contributed by atoms with Gasteiger partial charge in [-0.1, -0.05) is 0 Å². The molecule has 1 atom stereocenters. The molecular formula is C10H10IN3O2. The van der Waals surface area contributed by atoms with E-state index in [1.165, 1.54) is 4.90 Å². The molecule has 1 aromatic heterocycles. The minimum Gasteiger partial charge on any atom is -0.369 e. The highest BCUT2D eigenvalue weighted by molar-refractivity contribution is 14.1. The van der Waals surface area contributed by atoms with Gasteiger partial charge in [0.2, 0.25) is 11.8 Å². The van der Waals surface area contributed by atoms with Crippen molar-refractivity contribution in [2.24, 2.45) is 11.7 Å². The molecular weight excluding hydrogens is 321 g/mol. The number of amides is 2. The van der Waals surface area contributed by atoms with Crippen LogP contribution in [0.2, 0.25) is 0 Å². The molecule has 1 aromatic rings. The second-order valence-electron chi connectivity index (χ2n) is 3.64. The first-order chi connectivity index (χ1) is 7.58. The van der Waals surface area contributed by atoms with Crippen molar-refractivity contribution >= 4 is 40.2 Å². The molecule has 1 aliphatic heterocycles. The van der Waals surface area contributed by atoms with Gasteiger partial charge in [-0.3, -0.25) is 14.5 Å². The predicted octanol–water partition coefficient (Wildman–Crippen LogP) is 0.524. The third-order valence-electron chi connectivity index (χ3n) is 2.51. The van der Waals surface area contributed by atoms with Crippen molar-refractivity contribution in [3.8, 4) is 0 Å². The van der Waals surface area contributed by atoms with E-state index in [0.717, 1.165) is 3.57 Å². The number of nitrogens with zero attached hydrogens (tertiary/aromatic N) is 2. The van der Waals surface area contributed by atoms with Gasteiger partial charge >= 0.3 is 0 Å². The summed E-state index contributed by atoms with van der Waals surface area (Å²) in [5, 5.41) is 0. The summed E-state index contributed by atoms with van der Waals surface area (Å²) >= 11 is 2.15. The molecule has 6 heteroatoms. The van der Waals surface area contributed by atoms with E-state index in [4.69, 9.17) is 5.73 Å². The minimum absolute atomic E-state index is 0.0988. The van der Waals surface area contributed by atoms with E-state index in [2.05, 4.69) is 27.6 Å². The maximum absolute atomic E-state index is 11.7. The van der Waals surface area contributed by atoms with E-state index >= 15 is 0 Å². The molecule has 0 bridgehead atoms. The van der Waals surface area contributed by atoms with E-state index in [1.807, 2.05) is 12.1 Å². The smallest absolute Gasteiger partial charge is 0.229 e. The summed E-state index contributed by atoms with van der Waals surface area (Å²) < 4.78 is 0.998. The quantitative estimate of drug-likeness (QED) is 0.803. The van der Waals surface area contributed by atoms with E-state index < -0.39 is 11.8 Å². The summed E-state index contributed by atoms with van der Waals surface area (Å²) in [5.74, 6) is -0.340. The maximum atomic E-state index is 11.7. The second kappa shape index (κ2) is 4.36. The summed E-state index contributed by atoms with van der Waals surface area (Å²) in [6.07, 6.45) is 1.82. The van der Waals surface area contributed by atoms with Gasteiger partial charge in [-0.05, 0) is 34.7 Å². The summed E-state index contributed by atoms with van der Waals surface area (Å²) in [7, 11) is 0. The van der Waals surface area contributed by atoms with Crippen LogP contribution in [-0.4, -0.2) is 23.3 Å². The third kappa shape index (κ3) is 2.16. The van der Waals surface area contributed by atoms with Gasteiger partial charge in [0, 0.05) is 22.7 Å². The lowest BCUT2D eigenvalue weighted by molar-refractivity contribution is -0.123. The van der Waals surface area contributed by atoms with Gasteiger partial charge < -0.3 is 5.73 Å². The lowest BCUT2D eigenvalue weighted by Crippen LogP contribution is -2.28. The van der Waals surface area contributed by atoms with Crippen molar-refractivity contribution < 1.29 is 9.59 Å². The zero-order chi connectivity index (χ0) is 11.7. The Hall–Kier alpha value is -1.18. The zero-order valence-corrected chi connectivity index (χ0v) is 10.5. The molecule has 16 heavy (non-hydrogen) atoms.